The van der Waals surface area contributed by atoms with Crippen molar-refractivity contribution in [2.24, 2.45) is 0 Å². The summed E-state index contributed by atoms with van der Waals surface area (Å²) in [7, 11) is 1.37. The van der Waals surface area contributed by atoms with E-state index in [1.807, 2.05) is 12.1 Å². The van der Waals surface area contributed by atoms with Crippen LogP contribution >= 0.6 is 23.4 Å². The topological polar surface area (TPSA) is 39.2 Å². The number of ether oxygens (including phenoxy) is 1. The lowest BCUT2D eigenvalue weighted by molar-refractivity contribution is 0.0600. The minimum Gasteiger partial charge on any atom is -0.465 e. The van der Waals surface area contributed by atoms with Crippen molar-refractivity contribution in [2.45, 2.75) is 42.8 Å². The number of halogens is 1. The minimum absolute atomic E-state index is 0.363. The first-order valence-electron chi connectivity index (χ1n) is 8.15. The fourth-order valence-electron chi connectivity index (χ4n) is 2.99. The first-order chi connectivity index (χ1) is 11.7. The van der Waals surface area contributed by atoms with Crippen LogP contribution in [0.2, 0.25) is 5.02 Å². The van der Waals surface area contributed by atoms with Crippen molar-refractivity contribution < 1.29 is 9.53 Å². The van der Waals surface area contributed by atoms with Gasteiger partial charge in [0.15, 0.2) is 0 Å². The number of rotatable bonds is 4. The fourth-order valence-corrected chi connectivity index (χ4v) is 4.41. The molecule has 3 nitrogen and oxygen atoms in total. The van der Waals surface area contributed by atoms with E-state index >= 15 is 0 Å². The molecule has 5 heteroatoms. The number of benzene rings is 1. The Morgan fingerprint density at radius 3 is 2.79 bits per heavy atom. The normalized spacial score (nSPS) is 13.9. The maximum atomic E-state index is 11.5. The molecule has 0 amide bonds. The van der Waals surface area contributed by atoms with Gasteiger partial charge in [0.25, 0.3) is 0 Å². The van der Waals surface area contributed by atoms with Crippen LogP contribution in [0.5, 0.6) is 0 Å². The Balaban J connectivity index is 1.76. The molecule has 1 aromatic heterocycles. The summed E-state index contributed by atoms with van der Waals surface area (Å²) in [6, 6.07) is 7.81. The molecule has 0 saturated carbocycles. The minimum atomic E-state index is -0.363. The predicted octanol–water partition coefficient (Wildman–Crippen LogP) is 5.08. The van der Waals surface area contributed by atoms with E-state index in [1.165, 1.54) is 42.4 Å². The van der Waals surface area contributed by atoms with Crippen molar-refractivity contribution >= 4 is 29.3 Å². The van der Waals surface area contributed by atoms with Gasteiger partial charge in [-0.05, 0) is 55.0 Å². The summed E-state index contributed by atoms with van der Waals surface area (Å²) in [6.45, 7) is 0. The standard InChI is InChI=1S/C19H20ClNO2S/c1-23-19(22)14-7-9-15(21-11-14)12-24-18-16-6-4-2-3-5-13(16)8-10-17(18)20/h7-11H,2-6,12H2,1H3. The Kier molecular flexibility index (Phi) is 5.80. The van der Waals surface area contributed by atoms with Crippen LogP contribution in [0, 0.1) is 0 Å². The zero-order chi connectivity index (χ0) is 16.9. The third kappa shape index (κ3) is 3.93. The molecule has 1 heterocycles. The predicted molar refractivity (Wildman–Crippen MR) is 97.8 cm³/mol. The number of hydrogen-bond acceptors (Lipinski definition) is 4. The molecule has 126 valence electrons. The summed E-state index contributed by atoms with van der Waals surface area (Å²) >= 11 is 8.20. The lowest BCUT2D eigenvalue weighted by atomic mass is 10.0. The van der Waals surface area contributed by atoms with Crippen LogP contribution in [-0.4, -0.2) is 18.1 Å². The smallest absolute Gasteiger partial charge is 0.339 e. The molecule has 1 aliphatic rings. The molecule has 24 heavy (non-hydrogen) atoms. The molecular formula is C19H20ClNO2S. The summed E-state index contributed by atoms with van der Waals surface area (Å²) in [4.78, 5) is 17.0. The van der Waals surface area contributed by atoms with Gasteiger partial charge in [-0.3, -0.25) is 4.98 Å². The van der Waals surface area contributed by atoms with Crippen LogP contribution < -0.4 is 0 Å². The number of nitrogens with zero attached hydrogens (tertiary/aromatic N) is 1. The average Bonchev–Trinajstić information content (AvgIpc) is 2.86. The summed E-state index contributed by atoms with van der Waals surface area (Å²) in [5, 5.41) is 0.826. The van der Waals surface area contributed by atoms with Gasteiger partial charge >= 0.3 is 5.97 Å². The van der Waals surface area contributed by atoms with E-state index in [0.717, 1.165) is 29.3 Å². The number of fused-ring (bicyclic) bond motifs is 1. The van der Waals surface area contributed by atoms with E-state index in [0.29, 0.717) is 5.56 Å². The van der Waals surface area contributed by atoms with Crippen LogP contribution in [-0.2, 0) is 23.3 Å². The molecular weight excluding hydrogens is 342 g/mol. The number of aromatic nitrogens is 1. The van der Waals surface area contributed by atoms with Crippen LogP contribution in [0.1, 0.15) is 46.4 Å². The van der Waals surface area contributed by atoms with E-state index in [4.69, 9.17) is 16.3 Å². The van der Waals surface area contributed by atoms with Gasteiger partial charge in [-0.15, -0.1) is 11.8 Å². The number of pyridine rings is 1. The summed E-state index contributed by atoms with van der Waals surface area (Å²) in [5.74, 6) is 0.371. The molecule has 0 atom stereocenters. The number of carbonyl (C=O) groups excluding carboxylic acids is 1. The second-order valence-electron chi connectivity index (χ2n) is 5.89. The van der Waals surface area contributed by atoms with Gasteiger partial charge in [0.2, 0.25) is 0 Å². The van der Waals surface area contributed by atoms with E-state index in [2.05, 4.69) is 11.1 Å². The first kappa shape index (κ1) is 17.3. The largest absolute Gasteiger partial charge is 0.465 e. The van der Waals surface area contributed by atoms with Crippen molar-refractivity contribution in [1.82, 2.24) is 4.98 Å². The van der Waals surface area contributed by atoms with Gasteiger partial charge < -0.3 is 4.74 Å². The third-order valence-corrected chi connectivity index (χ3v) is 5.91. The maximum Gasteiger partial charge on any atom is 0.339 e. The van der Waals surface area contributed by atoms with Gasteiger partial charge in [-0.25, -0.2) is 4.79 Å². The third-order valence-electron chi connectivity index (χ3n) is 4.29. The SMILES string of the molecule is COC(=O)c1ccc(CSc2c(Cl)ccc3c2CCCCC3)nc1. The number of aryl methyl sites for hydroxylation is 1. The number of carbonyl (C=O) groups is 1. The molecule has 1 aromatic carbocycles. The molecule has 0 aliphatic heterocycles. The van der Waals surface area contributed by atoms with Crippen molar-refractivity contribution in [2.75, 3.05) is 7.11 Å². The van der Waals surface area contributed by atoms with Crippen LogP contribution in [0.25, 0.3) is 0 Å². The molecule has 1 aliphatic carbocycles. The zero-order valence-electron chi connectivity index (χ0n) is 13.7. The van der Waals surface area contributed by atoms with Crippen molar-refractivity contribution in [3.8, 4) is 0 Å². The van der Waals surface area contributed by atoms with Gasteiger partial charge in [0.05, 0.1) is 23.4 Å². The Hall–Kier alpha value is -1.52. The first-order valence-corrected chi connectivity index (χ1v) is 9.51. The zero-order valence-corrected chi connectivity index (χ0v) is 15.3. The molecule has 0 spiro atoms. The summed E-state index contributed by atoms with van der Waals surface area (Å²) in [6.07, 6.45) is 7.59. The lowest BCUT2D eigenvalue weighted by Crippen LogP contribution is -2.02. The second-order valence-corrected chi connectivity index (χ2v) is 7.29. The summed E-state index contributed by atoms with van der Waals surface area (Å²) in [5.41, 5.74) is 4.25. The van der Waals surface area contributed by atoms with Crippen molar-refractivity contribution in [3.63, 3.8) is 0 Å². The van der Waals surface area contributed by atoms with Gasteiger partial charge in [-0.2, -0.15) is 0 Å². The highest BCUT2D eigenvalue weighted by atomic mass is 35.5. The van der Waals surface area contributed by atoms with Gasteiger partial charge in [0.1, 0.15) is 0 Å². The monoisotopic (exact) mass is 361 g/mol. The highest BCUT2D eigenvalue weighted by molar-refractivity contribution is 7.98. The van der Waals surface area contributed by atoms with Gasteiger partial charge in [-0.1, -0.05) is 24.1 Å². The van der Waals surface area contributed by atoms with Crippen molar-refractivity contribution in [3.05, 3.63) is 57.9 Å². The number of hydrogen-bond donors (Lipinski definition) is 0. The molecule has 3 rings (SSSR count). The van der Waals surface area contributed by atoms with E-state index in [-0.39, 0.29) is 5.97 Å². The molecule has 0 radical (unpaired) electrons. The second kappa shape index (κ2) is 8.04. The molecule has 0 fully saturated rings. The van der Waals surface area contributed by atoms with E-state index in [1.54, 1.807) is 24.0 Å². The average molecular weight is 362 g/mol. The lowest BCUT2D eigenvalue weighted by Gasteiger charge is -2.14. The Bertz CT molecular complexity index is 731. The van der Waals surface area contributed by atoms with Crippen LogP contribution in [0.15, 0.2) is 35.4 Å². The number of methoxy groups -OCH3 is 1. The van der Waals surface area contributed by atoms with Gasteiger partial charge in [0, 0.05) is 16.8 Å². The number of esters is 1. The molecule has 2 aromatic rings. The Labute approximate surface area is 151 Å². The fraction of sp³-hybridized carbons (Fsp3) is 0.368. The van der Waals surface area contributed by atoms with Crippen LogP contribution in [0.3, 0.4) is 0 Å². The molecule has 0 bridgehead atoms. The molecule has 0 saturated heterocycles. The quantitative estimate of drug-likeness (QED) is 0.432. The maximum absolute atomic E-state index is 11.5. The molecule has 0 N–H and O–H groups in total. The highest BCUT2D eigenvalue weighted by Gasteiger charge is 2.16. The summed E-state index contributed by atoms with van der Waals surface area (Å²) < 4.78 is 4.69. The van der Waals surface area contributed by atoms with Crippen molar-refractivity contribution in [1.29, 1.82) is 0 Å². The van der Waals surface area contributed by atoms with E-state index in [9.17, 15) is 4.79 Å². The molecule has 0 unspecified atom stereocenters. The van der Waals surface area contributed by atoms with E-state index < -0.39 is 0 Å². The Morgan fingerprint density at radius 2 is 2.04 bits per heavy atom. The van der Waals surface area contributed by atoms with Crippen LogP contribution in [0.4, 0.5) is 0 Å². The number of thioether (sulfide) groups is 1. The Morgan fingerprint density at radius 1 is 1.21 bits per heavy atom. The highest BCUT2D eigenvalue weighted by Crippen LogP contribution is 2.37.